The summed E-state index contributed by atoms with van der Waals surface area (Å²) in [6.45, 7) is 6.44. The van der Waals surface area contributed by atoms with Gasteiger partial charge in [0.2, 0.25) is 5.91 Å². The highest BCUT2D eigenvalue weighted by molar-refractivity contribution is 5.77. The molecule has 0 fully saturated rings. The van der Waals surface area contributed by atoms with Crippen LogP contribution in [0.25, 0.3) is 0 Å². The summed E-state index contributed by atoms with van der Waals surface area (Å²) < 4.78 is 5.89. The SMILES string of the molecule is CCCCCCCCCCC/C=C/CCCCCC(CC(=O)NC(CO)C(O)CCCCCCCCCCC)OC(=O)CCCCCCCCCCC. The number of aliphatic hydroxyl groups is 2. The highest BCUT2D eigenvalue weighted by Crippen LogP contribution is 2.17. The van der Waals surface area contributed by atoms with Crippen LogP contribution in [0.3, 0.4) is 0 Å². The lowest BCUT2D eigenvalue weighted by Gasteiger charge is -2.24. The van der Waals surface area contributed by atoms with Crippen LogP contribution in [0.2, 0.25) is 0 Å². The number of nitrogens with one attached hydrogen (secondary N) is 1. The van der Waals surface area contributed by atoms with Gasteiger partial charge in [0.15, 0.2) is 0 Å². The number of esters is 1. The van der Waals surface area contributed by atoms with E-state index < -0.39 is 18.2 Å². The number of hydrogen-bond donors (Lipinski definition) is 3. The molecule has 0 heterocycles. The van der Waals surface area contributed by atoms with Crippen LogP contribution in [0.5, 0.6) is 0 Å². The van der Waals surface area contributed by atoms with Crippen molar-refractivity contribution in [2.24, 2.45) is 0 Å². The fourth-order valence-corrected chi connectivity index (χ4v) is 7.25. The van der Waals surface area contributed by atoms with E-state index in [0.717, 1.165) is 64.2 Å². The van der Waals surface area contributed by atoms with E-state index in [-0.39, 0.29) is 24.9 Å². The summed E-state index contributed by atoms with van der Waals surface area (Å²) >= 11 is 0. The number of aliphatic hydroxyl groups excluding tert-OH is 2. The second-order valence-corrected chi connectivity index (χ2v) is 16.2. The van der Waals surface area contributed by atoms with Crippen LogP contribution in [0.4, 0.5) is 0 Å². The summed E-state index contributed by atoms with van der Waals surface area (Å²) in [5.74, 6) is -0.482. The first-order valence-corrected chi connectivity index (χ1v) is 23.4. The smallest absolute Gasteiger partial charge is 0.306 e. The number of amides is 1. The molecule has 0 saturated carbocycles. The minimum absolute atomic E-state index is 0.0728. The minimum atomic E-state index is -0.783. The maximum atomic E-state index is 13.1. The van der Waals surface area contributed by atoms with Crippen molar-refractivity contribution in [3.8, 4) is 0 Å². The summed E-state index contributed by atoms with van der Waals surface area (Å²) in [6.07, 6.45) is 44.2. The predicted molar refractivity (Wildman–Crippen MR) is 227 cm³/mol. The van der Waals surface area contributed by atoms with Gasteiger partial charge in [-0.3, -0.25) is 9.59 Å². The Bertz CT molecular complexity index is 802. The minimum Gasteiger partial charge on any atom is -0.462 e. The fourth-order valence-electron chi connectivity index (χ4n) is 7.25. The molecule has 0 bridgehead atoms. The lowest BCUT2D eigenvalue weighted by Crippen LogP contribution is -2.46. The first-order valence-electron chi connectivity index (χ1n) is 23.4. The molecule has 0 radical (unpaired) electrons. The van der Waals surface area contributed by atoms with Crippen molar-refractivity contribution in [3.63, 3.8) is 0 Å². The van der Waals surface area contributed by atoms with Crippen LogP contribution in [0.15, 0.2) is 12.2 Å². The van der Waals surface area contributed by atoms with Gasteiger partial charge >= 0.3 is 5.97 Å². The Morgan fingerprint density at radius 1 is 0.528 bits per heavy atom. The Labute approximate surface area is 329 Å². The number of ether oxygens (including phenoxy) is 1. The molecule has 3 N–H and O–H groups in total. The Morgan fingerprint density at radius 3 is 1.36 bits per heavy atom. The Hall–Kier alpha value is -1.40. The molecule has 0 rings (SSSR count). The van der Waals surface area contributed by atoms with Gasteiger partial charge in [0.1, 0.15) is 6.10 Å². The van der Waals surface area contributed by atoms with E-state index in [2.05, 4.69) is 38.2 Å². The molecule has 0 aliphatic rings. The van der Waals surface area contributed by atoms with Crippen molar-refractivity contribution in [1.29, 1.82) is 0 Å². The highest BCUT2D eigenvalue weighted by Gasteiger charge is 2.24. The molecule has 0 spiro atoms. The number of carbonyl (C=O) groups excluding carboxylic acids is 2. The molecular weight excluding hydrogens is 659 g/mol. The lowest BCUT2D eigenvalue weighted by atomic mass is 10.0. The van der Waals surface area contributed by atoms with Crippen LogP contribution in [0.1, 0.15) is 252 Å². The third kappa shape index (κ3) is 37.3. The van der Waals surface area contributed by atoms with E-state index >= 15 is 0 Å². The normalized spacial score (nSPS) is 13.4. The number of rotatable bonds is 42. The average molecular weight is 750 g/mol. The van der Waals surface area contributed by atoms with E-state index in [9.17, 15) is 19.8 Å². The maximum absolute atomic E-state index is 13.1. The molecule has 314 valence electrons. The van der Waals surface area contributed by atoms with Gasteiger partial charge in [-0.2, -0.15) is 0 Å². The van der Waals surface area contributed by atoms with Gasteiger partial charge in [-0.15, -0.1) is 0 Å². The molecule has 0 aromatic heterocycles. The van der Waals surface area contributed by atoms with Crippen LogP contribution in [0, 0.1) is 0 Å². The van der Waals surface area contributed by atoms with Gasteiger partial charge in [0.25, 0.3) is 0 Å². The van der Waals surface area contributed by atoms with Gasteiger partial charge in [-0.1, -0.05) is 200 Å². The molecule has 3 atom stereocenters. The van der Waals surface area contributed by atoms with E-state index in [1.165, 1.54) is 141 Å². The monoisotopic (exact) mass is 750 g/mol. The van der Waals surface area contributed by atoms with Crippen molar-refractivity contribution >= 4 is 11.9 Å². The topological polar surface area (TPSA) is 95.9 Å². The van der Waals surface area contributed by atoms with Gasteiger partial charge in [0.05, 0.1) is 25.2 Å². The zero-order valence-corrected chi connectivity index (χ0v) is 35.7. The number of hydrogen-bond acceptors (Lipinski definition) is 5. The van der Waals surface area contributed by atoms with Crippen molar-refractivity contribution in [1.82, 2.24) is 5.32 Å². The molecule has 6 nitrogen and oxygen atoms in total. The van der Waals surface area contributed by atoms with Crippen LogP contribution < -0.4 is 5.32 Å². The van der Waals surface area contributed by atoms with E-state index in [4.69, 9.17) is 4.74 Å². The van der Waals surface area contributed by atoms with E-state index in [0.29, 0.717) is 19.3 Å². The van der Waals surface area contributed by atoms with Crippen molar-refractivity contribution < 1.29 is 24.5 Å². The summed E-state index contributed by atoms with van der Waals surface area (Å²) in [5, 5.41) is 23.6. The second kappa shape index (κ2) is 41.8. The molecule has 53 heavy (non-hydrogen) atoms. The van der Waals surface area contributed by atoms with Crippen LogP contribution >= 0.6 is 0 Å². The summed E-state index contributed by atoms with van der Waals surface area (Å²) in [7, 11) is 0. The van der Waals surface area contributed by atoms with Gasteiger partial charge in [-0.05, 0) is 51.4 Å². The second-order valence-electron chi connectivity index (χ2n) is 16.2. The third-order valence-corrected chi connectivity index (χ3v) is 10.8. The van der Waals surface area contributed by atoms with Crippen LogP contribution in [-0.4, -0.2) is 46.9 Å². The van der Waals surface area contributed by atoms with E-state index in [1.54, 1.807) is 0 Å². The van der Waals surface area contributed by atoms with Gasteiger partial charge < -0.3 is 20.3 Å². The Balaban J connectivity index is 4.57. The van der Waals surface area contributed by atoms with Crippen LogP contribution in [-0.2, 0) is 14.3 Å². The summed E-state index contributed by atoms with van der Waals surface area (Å²) in [4.78, 5) is 25.9. The summed E-state index contributed by atoms with van der Waals surface area (Å²) in [6, 6.07) is -0.697. The lowest BCUT2D eigenvalue weighted by molar-refractivity contribution is -0.151. The molecule has 0 aromatic rings. The molecular formula is C47H91NO5. The number of carbonyl (C=O) groups is 2. The predicted octanol–water partition coefficient (Wildman–Crippen LogP) is 13.4. The molecule has 0 saturated heterocycles. The highest BCUT2D eigenvalue weighted by atomic mass is 16.5. The average Bonchev–Trinajstić information content (AvgIpc) is 3.15. The Morgan fingerprint density at radius 2 is 0.906 bits per heavy atom. The first-order chi connectivity index (χ1) is 26.0. The van der Waals surface area contributed by atoms with Crippen molar-refractivity contribution in [3.05, 3.63) is 12.2 Å². The molecule has 0 aliphatic carbocycles. The standard InChI is InChI=1S/C47H91NO5/c1-4-7-10-13-16-19-20-21-22-23-24-25-28-29-32-35-38-43(53-47(52)40-37-34-31-27-18-15-12-9-6-3)41-46(51)48-44(42-49)45(50)39-36-33-30-26-17-14-11-8-5-2/h24-25,43-45,49-50H,4-23,26-42H2,1-3H3,(H,48,51)/b25-24+. The number of allylic oxidation sites excluding steroid dienone is 2. The molecule has 3 unspecified atom stereocenters. The van der Waals surface area contributed by atoms with E-state index in [1.807, 2.05) is 0 Å². The summed E-state index contributed by atoms with van der Waals surface area (Å²) in [5.41, 5.74) is 0. The van der Waals surface area contributed by atoms with Gasteiger partial charge in [-0.25, -0.2) is 0 Å². The fraction of sp³-hybridized carbons (Fsp3) is 0.915. The van der Waals surface area contributed by atoms with Crippen molar-refractivity contribution in [2.75, 3.05) is 6.61 Å². The zero-order chi connectivity index (χ0) is 38.9. The largest absolute Gasteiger partial charge is 0.462 e. The molecule has 0 aliphatic heterocycles. The van der Waals surface area contributed by atoms with Gasteiger partial charge in [0, 0.05) is 6.42 Å². The first kappa shape index (κ1) is 51.6. The van der Waals surface area contributed by atoms with Crippen molar-refractivity contribution in [2.45, 2.75) is 270 Å². The molecule has 1 amide bonds. The quantitative estimate of drug-likeness (QED) is 0.0328. The Kier molecular flexibility index (Phi) is 40.7. The third-order valence-electron chi connectivity index (χ3n) is 10.8. The molecule has 0 aromatic carbocycles. The zero-order valence-electron chi connectivity index (χ0n) is 35.7. The molecule has 6 heteroatoms. The maximum Gasteiger partial charge on any atom is 0.306 e. The number of unbranched alkanes of at least 4 members (excludes halogenated alkanes) is 28.